The van der Waals surface area contributed by atoms with E-state index >= 15 is 0 Å². The van der Waals surface area contributed by atoms with Gasteiger partial charge >= 0.3 is 18.0 Å². The molecule has 1 amide bonds. The van der Waals surface area contributed by atoms with Crippen molar-refractivity contribution < 1.29 is 27.3 Å². The molecule has 0 aliphatic heterocycles. The standard InChI is InChI=1S/C13H11F3N6O3S/c1-21(24-2)11(23)10-17-6-18-22(10)5-7-3-4-8(26-7)9-19-12(25-20-9)13(14,15)16/h3-4,6H,5H2,1-2H3. The molecule has 9 nitrogen and oxygen atoms in total. The van der Waals surface area contributed by atoms with E-state index in [9.17, 15) is 18.0 Å². The SMILES string of the molecule is CON(C)C(=O)c1ncnn1Cc1ccc(-c2noc(C(F)(F)F)n2)s1. The fourth-order valence-electron chi connectivity index (χ4n) is 1.94. The number of carbonyl (C=O) groups is 1. The minimum Gasteiger partial charge on any atom is -0.329 e. The molecule has 3 aromatic rings. The van der Waals surface area contributed by atoms with Crippen molar-refractivity contribution in [3.05, 3.63) is 35.1 Å². The summed E-state index contributed by atoms with van der Waals surface area (Å²) in [5.41, 5.74) is 0. The van der Waals surface area contributed by atoms with Crippen LogP contribution in [0.25, 0.3) is 10.7 Å². The van der Waals surface area contributed by atoms with Crippen LogP contribution in [0.15, 0.2) is 23.0 Å². The van der Waals surface area contributed by atoms with Crippen LogP contribution in [0.2, 0.25) is 0 Å². The highest BCUT2D eigenvalue weighted by Crippen LogP contribution is 2.31. The summed E-state index contributed by atoms with van der Waals surface area (Å²) in [5.74, 6) is -2.00. The third kappa shape index (κ3) is 3.57. The number of thiophene rings is 1. The number of carbonyl (C=O) groups excluding carboxylic acids is 1. The minimum absolute atomic E-state index is 0.0585. The van der Waals surface area contributed by atoms with E-state index in [0.717, 1.165) is 16.4 Å². The van der Waals surface area contributed by atoms with Crippen molar-refractivity contribution in [2.24, 2.45) is 0 Å². The lowest BCUT2D eigenvalue weighted by Crippen LogP contribution is -2.28. The highest BCUT2D eigenvalue weighted by atomic mass is 32.1. The first-order chi connectivity index (χ1) is 12.3. The maximum Gasteiger partial charge on any atom is 0.471 e. The van der Waals surface area contributed by atoms with Gasteiger partial charge < -0.3 is 4.52 Å². The number of amides is 1. The zero-order valence-corrected chi connectivity index (χ0v) is 14.2. The molecular formula is C13H11F3N6O3S. The molecule has 0 fully saturated rings. The predicted molar refractivity (Wildman–Crippen MR) is 80.8 cm³/mol. The van der Waals surface area contributed by atoms with Crippen molar-refractivity contribution >= 4 is 17.2 Å². The molecule has 0 radical (unpaired) electrons. The van der Waals surface area contributed by atoms with Crippen LogP contribution in [0, 0.1) is 0 Å². The zero-order chi connectivity index (χ0) is 18.9. The molecule has 3 rings (SSSR count). The molecule has 0 spiro atoms. The highest BCUT2D eigenvalue weighted by Gasteiger charge is 2.38. The Morgan fingerprint density at radius 1 is 1.42 bits per heavy atom. The molecule has 3 aromatic heterocycles. The van der Waals surface area contributed by atoms with Gasteiger partial charge in [-0.3, -0.25) is 9.63 Å². The van der Waals surface area contributed by atoms with Crippen LogP contribution < -0.4 is 0 Å². The minimum atomic E-state index is -4.70. The predicted octanol–water partition coefficient (Wildman–Crippen LogP) is 2.09. The first kappa shape index (κ1) is 18.0. The van der Waals surface area contributed by atoms with Gasteiger partial charge in [0.1, 0.15) is 6.33 Å². The molecule has 0 saturated carbocycles. The summed E-state index contributed by atoms with van der Waals surface area (Å²) in [7, 11) is 2.77. The second-order valence-electron chi connectivity index (χ2n) is 4.91. The van der Waals surface area contributed by atoms with Crippen molar-refractivity contribution in [3.63, 3.8) is 0 Å². The van der Waals surface area contributed by atoms with Crippen molar-refractivity contribution in [3.8, 4) is 10.7 Å². The van der Waals surface area contributed by atoms with E-state index in [4.69, 9.17) is 4.84 Å². The summed E-state index contributed by atoms with van der Waals surface area (Å²) in [6.07, 6.45) is -3.48. The Balaban J connectivity index is 1.79. The fraction of sp³-hybridized carbons (Fsp3) is 0.308. The lowest BCUT2D eigenvalue weighted by Gasteiger charge is -2.13. The van der Waals surface area contributed by atoms with Crippen LogP contribution in [0.5, 0.6) is 0 Å². The number of aromatic nitrogens is 5. The molecule has 0 aliphatic rings. The average molecular weight is 388 g/mol. The third-order valence-corrected chi connectivity index (χ3v) is 4.29. The number of alkyl halides is 3. The fourth-order valence-corrected chi connectivity index (χ4v) is 2.85. The molecule has 0 aliphatic carbocycles. The van der Waals surface area contributed by atoms with Crippen LogP contribution in [0.1, 0.15) is 21.4 Å². The van der Waals surface area contributed by atoms with Gasteiger partial charge in [-0.25, -0.2) is 14.7 Å². The van der Waals surface area contributed by atoms with E-state index in [2.05, 4.69) is 24.7 Å². The Morgan fingerprint density at radius 3 is 2.85 bits per heavy atom. The van der Waals surface area contributed by atoms with Gasteiger partial charge in [0.25, 0.3) is 0 Å². The zero-order valence-electron chi connectivity index (χ0n) is 13.4. The normalized spacial score (nSPS) is 11.7. The van der Waals surface area contributed by atoms with Gasteiger partial charge in [-0.2, -0.15) is 23.3 Å². The van der Waals surface area contributed by atoms with Crippen molar-refractivity contribution in [1.29, 1.82) is 0 Å². The third-order valence-electron chi connectivity index (χ3n) is 3.22. The van der Waals surface area contributed by atoms with Crippen LogP contribution in [0.4, 0.5) is 13.2 Å². The molecule has 0 aromatic carbocycles. The molecule has 138 valence electrons. The number of nitrogens with zero attached hydrogens (tertiary/aromatic N) is 6. The molecule has 0 saturated heterocycles. The maximum atomic E-state index is 12.5. The van der Waals surface area contributed by atoms with E-state index in [1.807, 2.05) is 0 Å². The highest BCUT2D eigenvalue weighted by molar-refractivity contribution is 7.15. The van der Waals surface area contributed by atoms with Crippen molar-refractivity contribution in [2.45, 2.75) is 12.7 Å². The number of hydrogen-bond acceptors (Lipinski definition) is 8. The Morgan fingerprint density at radius 2 is 2.19 bits per heavy atom. The van der Waals surface area contributed by atoms with Gasteiger partial charge in [-0.15, -0.1) is 11.3 Å². The number of hydroxylamine groups is 2. The molecule has 0 unspecified atom stereocenters. The smallest absolute Gasteiger partial charge is 0.329 e. The van der Waals surface area contributed by atoms with Gasteiger partial charge in [0.2, 0.25) is 11.6 Å². The molecular weight excluding hydrogens is 377 g/mol. The Kier molecular flexibility index (Phi) is 4.73. The summed E-state index contributed by atoms with van der Waals surface area (Å²) in [5, 5.41) is 8.31. The van der Waals surface area contributed by atoms with Gasteiger partial charge in [-0.05, 0) is 12.1 Å². The number of rotatable bonds is 5. The molecule has 26 heavy (non-hydrogen) atoms. The molecule has 3 heterocycles. The van der Waals surface area contributed by atoms with Crippen LogP contribution in [0.3, 0.4) is 0 Å². The molecule has 0 atom stereocenters. The Bertz CT molecular complexity index is 918. The van der Waals surface area contributed by atoms with Crippen LogP contribution >= 0.6 is 11.3 Å². The van der Waals surface area contributed by atoms with Crippen LogP contribution in [-0.4, -0.2) is 50.0 Å². The van der Waals surface area contributed by atoms with E-state index in [1.165, 1.54) is 25.2 Å². The Labute approximate surface area is 148 Å². The molecule has 0 N–H and O–H groups in total. The summed E-state index contributed by atoms with van der Waals surface area (Å²) in [6.45, 7) is 0.188. The number of hydrogen-bond donors (Lipinski definition) is 0. The summed E-state index contributed by atoms with van der Waals surface area (Å²) in [6, 6.07) is 3.23. The van der Waals surface area contributed by atoms with E-state index in [1.54, 1.807) is 12.1 Å². The largest absolute Gasteiger partial charge is 0.471 e. The second kappa shape index (κ2) is 6.84. The van der Waals surface area contributed by atoms with E-state index in [0.29, 0.717) is 9.75 Å². The topological polar surface area (TPSA) is 99.2 Å². The molecule has 0 bridgehead atoms. The summed E-state index contributed by atoms with van der Waals surface area (Å²) in [4.78, 5) is 25.3. The Hall–Kier alpha value is -2.80. The van der Waals surface area contributed by atoms with Crippen LogP contribution in [-0.2, 0) is 17.6 Å². The van der Waals surface area contributed by atoms with E-state index in [-0.39, 0.29) is 18.2 Å². The first-order valence-electron chi connectivity index (χ1n) is 6.99. The summed E-state index contributed by atoms with van der Waals surface area (Å²) >= 11 is 1.15. The second-order valence-corrected chi connectivity index (χ2v) is 6.08. The van der Waals surface area contributed by atoms with Crippen molar-refractivity contribution in [1.82, 2.24) is 30.0 Å². The number of halogens is 3. The first-order valence-corrected chi connectivity index (χ1v) is 7.81. The van der Waals surface area contributed by atoms with Gasteiger partial charge in [0, 0.05) is 11.9 Å². The van der Waals surface area contributed by atoms with Gasteiger partial charge in [0.15, 0.2) is 0 Å². The molecule has 13 heteroatoms. The van der Waals surface area contributed by atoms with Gasteiger partial charge in [-0.1, -0.05) is 5.16 Å². The van der Waals surface area contributed by atoms with Gasteiger partial charge in [0.05, 0.1) is 18.5 Å². The monoisotopic (exact) mass is 388 g/mol. The lowest BCUT2D eigenvalue weighted by molar-refractivity contribution is -0.159. The van der Waals surface area contributed by atoms with Crippen molar-refractivity contribution in [2.75, 3.05) is 14.2 Å². The lowest BCUT2D eigenvalue weighted by atomic mass is 10.4. The quantitative estimate of drug-likeness (QED) is 0.617. The van der Waals surface area contributed by atoms with E-state index < -0.39 is 18.0 Å². The average Bonchev–Trinajstić information content (AvgIpc) is 3.32. The maximum absolute atomic E-state index is 12.5. The summed E-state index contributed by atoms with van der Waals surface area (Å²) < 4.78 is 43.2.